The van der Waals surface area contributed by atoms with Gasteiger partial charge in [-0.2, -0.15) is 0 Å². The first kappa shape index (κ1) is 26.1. The van der Waals surface area contributed by atoms with Gasteiger partial charge in [-0.3, -0.25) is 4.98 Å². The number of hydrogen-bond donors (Lipinski definition) is 6. The summed E-state index contributed by atoms with van der Waals surface area (Å²) in [4.78, 5) is 30.9. The molecule has 1 aromatic heterocycles. The van der Waals surface area contributed by atoms with E-state index >= 15 is 0 Å². The fourth-order valence-corrected chi connectivity index (χ4v) is 5.83. The van der Waals surface area contributed by atoms with Crippen LogP contribution in [0.5, 0.6) is 28.7 Å². The van der Waals surface area contributed by atoms with Gasteiger partial charge in [-0.25, -0.2) is 9.59 Å². The van der Waals surface area contributed by atoms with E-state index in [-0.39, 0.29) is 40.0 Å². The molecule has 0 bridgehead atoms. The minimum absolute atomic E-state index is 0.0148. The number of ether oxygens (including phenoxy) is 2. The van der Waals surface area contributed by atoms with Crippen molar-refractivity contribution < 1.29 is 39.5 Å². The van der Waals surface area contributed by atoms with Crippen LogP contribution in [0.15, 0.2) is 72.8 Å². The van der Waals surface area contributed by atoms with Gasteiger partial charge in [0, 0.05) is 33.8 Å². The highest BCUT2D eigenvalue weighted by molar-refractivity contribution is 6.08. The van der Waals surface area contributed by atoms with E-state index < -0.39 is 24.2 Å². The number of anilines is 2. The Balaban J connectivity index is 1.34. The summed E-state index contributed by atoms with van der Waals surface area (Å²) in [6.45, 7) is 1.24. The van der Waals surface area contributed by atoms with Gasteiger partial charge in [0.2, 0.25) is 0 Å². The number of nitrogens with zero attached hydrogens (tertiary/aromatic N) is 1. The number of rotatable bonds is 3. The van der Waals surface area contributed by atoms with E-state index in [9.17, 15) is 30.0 Å². The number of aliphatic hydroxyl groups excluding tert-OH is 1. The number of fused-ring (bicyclic) bond motifs is 7. The average Bonchev–Trinajstić information content (AvgIpc) is 3.27. The maximum absolute atomic E-state index is 13.4. The molecule has 0 saturated carbocycles. The van der Waals surface area contributed by atoms with Crippen LogP contribution in [0.3, 0.4) is 0 Å². The van der Waals surface area contributed by atoms with Crippen LogP contribution >= 0.6 is 0 Å². The van der Waals surface area contributed by atoms with Crippen LogP contribution in [0.25, 0.3) is 10.9 Å². The summed E-state index contributed by atoms with van der Waals surface area (Å²) in [5.41, 5.74) is 1.51. The second kappa shape index (κ2) is 9.36. The molecular weight excluding hydrogens is 554 g/mol. The quantitative estimate of drug-likeness (QED) is 0.122. The molecule has 2 aliphatic heterocycles. The second-order valence-corrected chi connectivity index (χ2v) is 10.2. The Morgan fingerprint density at radius 1 is 0.907 bits per heavy atom. The van der Waals surface area contributed by atoms with Crippen LogP contribution < -0.4 is 15.4 Å². The monoisotopic (exact) mass is 577 g/mol. The molecule has 0 fully saturated rings. The number of aromatic nitrogens is 1. The molecule has 3 heterocycles. The zero-order valence-electron chi connectivity index (χ0n) is 22.5. The molecule has 43 heavy (non-hydrogen) atoms. The number of nitrogens with one attached hydrogen (secondary N) is 2. The van der Waals surface area contributed by atoms with E-state index in [4.69, 9.17) is 9.47 Å². The van der Waals surface area contributed by atoms with Crippen molar-refractivity contribution in [2.75, 3.05) is 10.6 Å². The summed E-state index contributed by atoms with van der Waals surface area (Å²) < 4.78 is 12.3. The van der Waals surface area contributed by atoms with Crippen molar-refractivity contribution in [2.45, 2.75) is 19.1 Å². The molecule has 5 aromatic rings. The molecule has 2 amide bonds. The molecule has 1 atom stereocenters. The highest BCUT2D eigenvalue weighted by Crippen LogP contribution is 2.59. The normalized spacial score (nSPS) is 16.2. The average molecular weight is 578 g/mol. The zero-order valence-corrected chi connectivity index (χ0v) is 22.5. The van der Waals surface area contributed by atoms with Crippen molar-refractivity contribution >= 4 is 34.3 Å². The summed E-state index contributed by atoms with van der Waals surface area (Å²) in [6.07, 6.45) is 0. The molecule has 11 nitrogen and oxygen atoms in total. The van der Waals surface area contributed by atoms with Crippen molar-refractivity contribution in [3.63, 3.8) is 0 Å². The number of aromatic hydroxyl groups is 3. The standard InChI is InChI=1S/C32H23N3O8/c1-15-12-23(18-7-10-24(38)19(14-36)27(18)33-15)34-31(41)35-28-25(39)11-9-22-29(28)42-26-13-16(37)6-8-21(26)32(22)20-5-3-2-4-17(20)30(40)43-32/h2-13,36-39H,14H2,1H3,(H2,33,34,35,41). The SMILES string of the molecule is Cc1cc(NC(=O)Nc2c(O)ccc3c2Oc2cc(O)ccc2C32OC(=O)c3ccccc32)c2ccc(O)c(CO)c2n1. The third-order valence-corrected chi connectivity index (χ3v) is 7.68. The molecule has 0 radical (unpaired) electrons. The Morgan fingerprint density at radius 3 is 2.49 bits per heavy atom. The van der Waals surface area contributed by atoms with Gasteiger partial charge in [0.1, 0.15) is 28.7 Å². The minimum Gasteiger partial charge on any atom is -0.508 e. The molecule has 11 heteroatoms. The van der Waals surface area contributed by atoms with E-state index in [2.05, 4.69) is 15.6 Å². The Kier molecular flexibility index (Phi) is 5.68. The zero-order chi connectivity index (χ0) is 30.0. The maximum Gasteiger partial charge on any atom is 0.340 e. The lowest BCUT2D eigenvalue weighted by molar-refractivity contribution is 0.0224. The molecule has 214 valence electrons. The van der Waals surface area contributed by atoms with Crippen molar-refractivity contribution in [2.24, 2.45) is 0 Å². The van der Waals surface area contributed by atoms with Gasteiger partial charge in [-0.05, 0) is 55.5 Å². The number of benzene rings is 4. The lowest BCUT2D eigenvalue weighted by Crippen LogP contribution is -2.33. The van der Waals surface area contributed by atoms with E-state index in [1.54, 1.807) is 55.5 Å². The molecule has 0 saturated heterocycles. The predicted molar refractivity (Wildman–Crippen MR) is 155 cm³/mol. The van der Waals surface area contributed by atoms with Crippen LogP contribution in [0, 0.1) is 6.92 Å². The summed E-state index contributed by atoms with van der Waals surface area (Å²) in [5.74, 6) is -0.935. The molecule has 0 aliphatic carbocycles. The van der Waals surface area contributed by atoms with Gasteiger partial charge in [0.05, 0.1) is 28.9 Å². The number of urea groups is 1. The van der Waals surface area contributed by atoms with E-state index in [1.165, 1.54) is 24.3 Å². The van der Waals surface area contributed by atoms with E-state index in [0.717, 1.165) is 0 Å². The fraction of sp³-hybridized carbons (Fsp3) is 0.0938. The van der Waals surface area contributed by atoms with Crippen molar-refractivity contribution in [3.05, 3.63) is 106 Å². The largest absolute Gasteiger partial charge is 0.508 e. The number of pyridine rings is 1. The first-order valence-corrected chi connectivity index (χ1v) is 13.2. The lowest BCUT2D eigenvalue weighted by Gasteiger charge is -2.37. The molecule has 6 N–H and O–H groups in total. The van der Waals surface area contributed by atoms with Crippen LogP contribution in [-0.2, 0) is 16.9 Å². The molecule has 4 aromatic carbocycles. The smallest absolute Gasteiger partial charge is 0.340 e. The first-order chi connectivity index (χ1) is 20.7. The number of hydrogen-bond acceptors (Lipinski definition) is 9. The van der Waals surface area contributed by atoms with E-state index in [0.29, 0.717) is 44.5 Å². The van der Waals surface area contributed by atoms with E-state index in [1.807, 2.05) is 0 Å². The number of aliphatic hydroxyl groups is 1. The van der Waals surface area contributed by atoms with Crippen molar-refractivity contribution in [3.8, 4) is 28.7 Å². The predicted octanol–water partition coefficient (Wildman–Crippen LogP) is 5.36. The highest BCUT2D eigenvalue weighted by atomic mass is 16.6. The van der Waals surface area contributed by atoms with Crippen LogP contribution in [0.4, 0.5) is 16.2 Å². The Bertz CT molecular complexity index is 2020. The highest BCUT2D eigenvalue weighted by Gasteiger charge is 2.54. The number of aryl methyl sites for hydroxylation is 1. The van der Waals surface area contributed by atoms with Crippen molar-refractivity contribution in [1.82, 2.24) is 4.98 Å². The number of carbonyl (C=O) groups is 2. The number of amides is 2. The minimum atomic E-state index is -1.48. The van der Waals surface area contributed by atoms with Gasteiger partial charge < -0.3 is 40.5 Å². The second-order valence-electron chi connectivity index (χ2n) is 10.2. The third kappa shape index (κ3) is 3.82. The Labute approximate surface area is 243 Å². The molecule has 1 unspecified atom stereocenters. The molecule has 1 spiro atoms. The summed E-state index contributed by atoms with van der Waals surface area (Å²) in [7, 11) is 0. The lowest BCUT2D eigenvalue weighted by atomic mass is 9.77. The topological polar surface area (TPSA) is 170 Å². The van der Waals surface area contributed by atoms with Gasteiger partial charge in [-0.15, -0.1) is 0 Å². The number of phenolic OH excluding ortho intramolecular Hbond substituents is 2. The Morgan fingerprint density at radius 2 is 1.67 bits per heavy atom. The van der Waals surface area contributed by atoms with Gasteiger partial charge in [-0.1, -0.05) is 18.2 Å². The van der Waals surface area contributed by atoms with Crippen LogP contribution in [0.2, 0.25) is 0 Å². The number of carbonyl (C=O) groups excluding carboxylic acids is 2. The van der Waals surface area contributed by atoms with Gasteiger partial charge in [0.15, 0.2) is 11.4 Å². The van der Waals surface area contributed by atoms with Crippen LogP contribution in [0.1, 0.15) is 38.3 Å². The summed E-state index contributed by atoms with van der Waals surface area (Å²) in [5, 5.41) is 47.0. The Hall–Kier alpha value is -5.81. The van der Waals surface area contributed by atoms with Crippen molar-refractivity contribution in [1.29, 1.82) is 0 Å². The maximum atomic E-state index is 13.4. The third-order valence-electron chi connectivity index (χ3n) is 7.68. The fourth-order valence-electron chi connectivity index (χ4n) is 5.83. The summed E-state index contributed by atoms with van der Waals surface area (Å²) >= 11 is 0. The van der Waals surface area contributed by atoms with Gasteiger partial charge in [0.25, 0.3) is 0 Å². The number of esters is 1. The molecular formula is C32H23N3O8. The summed E-state index contributed by atoms with van der Waals surface area (Å²) in [6, 6.07) is 18.1. The first-order valence-electron chi connectivity index (χ1n) is 13.2. The van der Waals surface area contributed by atoms with Gasteiger partial charge >= 0.3 is 12.0 Å². The van der Waals surface area contributed by atoms with Crippen LogP contribution in [-0.4, -0.2) is 37.4 Å². The number of phenols is 3. The molecule has 2 aliphatic rings. The molecule has 7 rings (SSSR count).